The van der Waals surface area contributed by atoms with Crippen LogP contribution in [0, 0.1) is 5.41 Å². The number of tetrazole rings is 1. The van der Waals surface area contributed by atoms with E-state index in [1.54, 1.807) is 12.4 Å². The smallest absolute Gasteiger partial charge is 0.313 e. The molecule has 2 amide bonds. The minimum absolute atomic E-state index is 0.0430. The van der Waals surface area contributed by atoms with Gasteiger partial charge in [0.25, 0.3) is 5.91 Å². The third-order valence-corrected chi connectivity index (χ3v) is 8.94. The summed E-state index contributed by atoms with van der Waals surface area (Å²) < 4.78 is 1.46. The molecule has 3 atom stereocenters. The van der Waals surface area contributed by atoms with Crippen molar-refractivity contribution in [2.75, 3.05) is 23.8 Å². The van der Waals surface area contributed by atoms with Crippen LogP contribution in [0.25, 0.3) is 5.57 Å². The molecule has 0 spiro atoms. The average molecular weight is 515 g/mol. The fourth-order valence-electron chi connectivity index (χ4n) is 3.32. The number of fused-ring (bicyclic) bond motifs is 1. The summed E-state index contributed by atoms with van der Waals surface area (Å²) in [5, 5.41) is 27.2. The molecule has 2 aromatic heterocycles. The molecule has 4 heterocycles. The molecule has 0 radical (unpaired) electrons. The second-order valence-corrected chi connectivity index (χ2v) is 10.4. The van der Waals surface area contributed by atoms with Gasteiger partial charge in [-0.3, -0.25) is 14.4 Å². The van der Waals surface area contributed by atoms with E-state index >= 15 is 0 Å². The Labute approximate surface area is 199 Å². The molecule has 0 saturated carbocycles. The standard InChI is InChI=1S/C16H18N8O4S4/c1-23-15(20-21-22-23)32-6-16(13(27)28)4-24-11(26)9(12(24)31-5-16)19-10(25)7(2-29)8-3-30-14(17)18-8/h2-3,9,12,29H,4-6H2,1H3,(H2,17,18)(H,19,25)(H,27,28)/t9?,12-,16?/m1/s1. The number of nitrogen functional groups attached to an aromatic ring is 1. The Morgan fingerprint density at radius 3 is 2.91 bits per heavy atom. The van der Waals surface area contributed by atoms with Gasteiger partial charge >= 0.3 is 5.97 Å². The van der Waals surface area contributed by atoms with Gasteiger partial charge in [0.1, 0.15) is 16.8 Å². The first kappa shape index (κ1) is 22.9. The maximum Gasteiger partial charge on any atom is 0.313 e. The zero-order valence-electron chi connectivity index (χ0n) is 16.5. The van der Waals surface area contributed by atoms with Crippen LogP contribution in [0.4, 0.5) is 5.13 Å². The van der Waals surface area contributed by atoms with Crippen molar-refractivity contribution in [2.24, 2.45) is 12.5 Å². The molecule has 2 aliphatic rings. The number of amides is 2. The quantitative estimate of drug-likeness (QED) is 0.167. The van der Waals surface area contributed by atoms with E-state index < -0.39 is 23.3 Å². The van der Waals surface area contributed by atoms with Crippen molar-refractivity contribution >= 4 is 76.0 Å². The molecule has 32 heavy (non-hydrogen) atoms. The maximum atomic E-state index is 12.8. The zero-order chi connectivity index (χ0) is 23.0. The lowest BCUT2D eigenvalue weighted by molar-refractivity contribution is -0.157. The lowest BCUT2D eigenvalue weighted by Crippen LogP contribution is -2.74. The number of nitrogens with zero attached hydrogens (tertiary/aromatic N) is 6. The largest absolute Gasteiger partial charge is 0.481 e. The molecule has 2 fully saturated rings. The monoisotopic (exact) mass is 514 g/mol. The zero-order valence-corrected chi connectivity index (χ0v) is 19.9. The van der Waals surface area contributed by atoms with E-state index in [1.807, 2.05) is 0 Å². The van der Waals surface area contributed by atoms with Gasteiger partial charge in [-0.1, -0.05) is 11.8 Å². The highest BCUT2D eigenvalue weighted by Gasteiger charge is 2.57. The average Bonchev–Trinajstić information content (AvgIpc) is 3.38. The van der Waals surface area contributed by atoms with Crippen molar-refractivity contribution in [3.8, 4) is 0 Å². The lowest BCUT2D eigenvalue weighted by atomic mass is 9.89. The van der Waals surface area contributed by atoms with Gasteiger partial charge in [0.15, 0.2) is 5.13 Å². The summed E-state index contributed by atoms with van der Waals surface area (Å²) in [5.74, 6) is -1.34. The molecule has 2 unspecified atom stereocenters. The Bertz CT molecular complexity index is 1100. The molecular weight excluding hydrogens is 496 g/mol. The van der Waals surface area contributed by atoms with E-state index in [-0.39, 0.29) is 34.9 Å². The minimum atomic E-state index is -1.16. The Balaban J connectivity index is 1.42. The molecule has 0 aromatic carbocycles. The van der Waals surface area contributed by atoms with Crippen molar-refractivity contribution in [2.45, 2.75) is 16.6 Å². The second kappa shape index (κ2) is 8.92. The van der Waals surface area contributed by atoms with Crippen LogP contribution in [-0.2, 0) is 21.4 Å². The Morgan fingerprint density at radius 1 is 1.53 bits per heavy atom. The van der Waals surface area contributed by atoms with E-state index in [4.69, 9.17) is 5.73 Å². The molecule has 16 heteroatoms. The molecule has 170 valence electrons. The van der Waals surface area contributed by atoms with Gasteiger partial charge in [-0.25, -0.2) is 9.67 Å². The van der Waals surface area contributed by atoms with Gasteiger partial charge in [0.05, 0.1) is 11.3 Å². The number of aryl methyl sites for hydroxylation is 1. The van der Waals surface area contributed by atoms with Crippen LogP contribution in [0.3, 0.4) is 0 Å². The predicted molar refractivity (Wildman–Crippen MR) is 123 cm³/mol. The number of thiol groups is 1. The highest BCUT2D eigenvalue weighted by molar-refractivity contribution is 8.00. The molecule has 2 saturated heterocycles. The predicted octanol–water partition coefficient (Wildman–Crippen LogP) is -0.217. The first-order valence-corrected chi connectivity index (χ1v) is 12.6. The number of nitrogens with one attached hydrogen (secondary N) is 1. The topological polar surface area (TPSA) is 169 Å². The Kier molecular flexibility index (Phi) is 6.37. The first-order chi connectivity index (χ1) is 15.3. The molecule has 0 aliphatic carbocycles. The van der Waals surface area contributed by atoms with Crippen LogP contribution in [0.15, 0.2) is 15.9 Å². The van der Waals surface area contributed by atoms with Gasteiger partial charge in [-0.15, -0.1) is 28.2 Å². The number of carbonyl (C=O) groups excluding carboxylic acids is 2. The number of hydrogen-bond donors (Lipinski definition) is 4. The van der Waals surface area contributed by atoms with Gasteiger partial charge in [0.2, 0.25) is 11.1 Å². The molecule has 2 aromatic rings. The highest BCUT2D eigenvalue weighted by atomic mass is 32.2. The molecule has 0 bridgehead atoms. The van der Waals surface area contributed by atoms with E-state index in [1.165, 1.54) is 49.9 Å². The van der Waals surface area contributed by atoms with Crippen molar-refractivity contribution in [1.82, 2.24) is 35.4 Å². The van der Waals surface area contributed by atoms with Crippen LogP contribution in [-0.4, -0.2) is 82.4 Å². The summed E-state index contributed by atoms with van der Waals surface area (Å²) in [6.07, 6.45) is 0. The lowest BCUT2D eigenvalue weighted by Gasteiger charge is -2.53. The number of β-lactam (4-membered cyclic amide) rings is 1. The number of nitrogens with two attached hydrogens (primary N) is 1. The minimum Gasteiger partial charge on any atom is -0.481 e. The number of carboxylic acids is 1. The fourth-order valence-corrected chi connectivity index (χ4v) is 6.85. The summed E-state index contributed by atoms with van der Waals surface area (Å²) in [6.45, 7) is 0.0430. The van der Waals surface area contributed by atoms with Crippen molar-refractivity contribution in [1.29, 1.82) is 0 Å². The van der Waals surface area contributed by atoms with Crippen molar-refractivity contribution < 1.29 is 19.5 Å². The third-order valence-electron chi connectivity index (χ3n) is 5.12. The summed E-state index contributed by atoms with van der Waals surface area (Å²) >= 11 is 7.82. The molecule has 2 aliphatic heterocycles. The Morgan fingerprint density at radius 2 is 2.31 bits per heavy atom. The number of carbonyl (C=O) groups is 3. The molecule has 4 N–H and O–H groups in total. The number of thiazole rings is 1. The van der Waals surface area contributed by atoms with E-state index in [9.17, 15) is 19.5 Å². The summed E-state index contributed by atoms with van der Waals surface area (Å²) in [7, 11) is 1.67. The fraction of sp³-hybridized carbons (Fsp3) is 0.438. The van der Waals surface area contributed by atoms with E-state index in [0.29, 0.717) is 16.0 Å². The number of rotatable bonds is 7. The van der Waals surface area contributed by atoms with E-state index in [2.05, 4.69) is 38.5 Å². The maximum absolute atomic E-state index is 12.8. The van der Waals surface area contributed by atoms with Crippen LogP contribution in [0.1, 0.15) is 5.69 Å². The second-order valence-electron chi connectivity index (χ2n) is 7.19. The number of aliphatic carboxylic acids is 1. The van der Waals surface area contributed by atoms with Gasteiger partial charge < -0.3 is 21.1 Å². The number of hydrogen-bond acceptors (Lipinski definition) is 12. The molecule has 12 nitrogen and oxygen atoms in total. The van der Waals surface area contributed by atoms with Gasteiger partial charge in [0, 0.05) is 30.5 Å². The van der Waals surface area contributed by atoms with Crippen LogP contribution < -0.4 is 11.1 Å². The normalized spacial score (nSPS) is 25.2. The SMILES string of the molecule is Cn1nnnc1SCC1(C(=O)O)CS[C@@H]2C(NC(=O)C(=CS)c3csc(N)n3)C(=O)N2C1. The van der Waals surface area contributed by atoms with Gasteiger partial charge in [-0.05, 0) is 15.8 Å². The van der Waals surface area contributed by atoms with E-state index in [0.717, 1.165) is 0 Å². The molecular formula is C16H18N8O4S4. The first-order valence-electron chi connectivity index (χ1n) is 9.13. The summed E-state index contributed by atoms with van der Waals surface area (Å²) in [5.41, 5.74) is 5.05. The number of thioether (sulfide) groups is 2. The van der Waals surface area contributed by atoms with Crippen molar-refractivity contribution in [3.05, 3.63) is 16.5 Å². The summed E-state index contributed by atoms with van der Waals surface area (Å²) in [6, 6.07) is -0.755. The third kappa shape index (κ3) is 4.06. The molecule has 4 rings (SSSR count). The number of carboxylic acid groups (broad SMARTS) is 1. The van der Waals surface area contributed by atoms with Crippen LogP contribution >= 0.6 is 47.5 Å². The highest BCUT2D eigenvalue weighted by Crippen LogP contribution is 2.44. The number of anilines is 1. The Hall–Kier alpha value is -2.30. The number of aromatic nitrogens is 5. The summed E-state index contributed by atoms with van der Waals surface area (Å²) in [4.78, 5) is 43.2. The van der Waals surface area contributed by atoms with Gasteiger partial charge in [-0.2, -0.15) is 12.6 Å². The van der Waals surface area contributed by atoms with Crippen molar-refractivity contribution in [3.63, 3.8) is 0 Å². The van der Waals surface area contributed by atoms with Crippen LogP contribution in [0.5, 0.6) is 0 Å². The van der Waals surface area contributed by atoms with Crippen LogP contribution in [0.2, 0.25) is 0 Å².